The highest BCUT2D eigenvalue weighted by Gasteiger charge is 2.58. The van der Waals surface area contributed by atoms with Crippen LogP contribution in [0.15, 0.2) is 66.8 Å². The molecule has 0 aromatic heterocycles. The highest BCUT2D eigenvalue weighted by atomic mass is 16.5. The van der Waals surface area contributed by atoms with Gasteiger partial charge in [-0.15, -0.1) is 0 Å². The van der Waals surface area contributed by atoms with Gasteiger partial charge in [0.25, 0.3) is 0 Å². The van der Waals surface area contributed by atoms with Crippen molar-refractivity contribution in [3.63, 3.8) is 0 Å². The number of nitrogens with zero attached hydrogens (tertiary/aromatic N) is 1. The molecule has 25 heavy (non-hydrogen) atoms. The molecule has 2 heterocycles. The number of para-hydroxylation sites is 1. The summed E-state index contributed by atoms with van der Waals surface area (Å²) >= 11 is 0. The molecule has 2 N–H and O–H groups in total. The van der Waals surface area contributed by atoms with Crippen LogP contribution in [0.25, 0.3) is 6.08 Å². The van der Waals surface area contributed by atoms with Crippen molar-refractivity contribution in [1.82, 2.24) is 0 Å². The Morgan fingerprint density at radius 3 is 2.60 bits per heavy atom. The quantitative estimate of drug-likeness (QED) is 0.670. The molecule has 1 unspecified atom stereocenters. The molecule has 2 aromatic carbocycles. The van der Waals surface area contributed by atoms with Crippen molar-refractivity contribution >= 4 is 17.5 Å². The topological polar surface area (TPSA) is 38.5 Å². The Morgan fingerprint density at radius 2 is 1.80 bits per heavy atom. The Balaban J connectivity index is 1.64. The zero-order valence-electron chi connectivity index (χ0n) is 14.8. The SMILES string of the molecule is CC1(C)c2ccccc2N2CCOC21/C=C\C=C\c1ccc(N)cc1. The van der Waals surface area contributed by atoms with Gasteiger partial charge in [0, 0.05) is 23.3 Å². The summed E-state index contributed by atoms with van der Waals surface area (Å²) in [5.74, 6) is 0. The van der Waals surface area contributed by atoms with Gasteiger partial charge in [0.15, 0.2) is 5.72 Å². The smallest absolute Gasteiger partial charge is 0.170 e. The number of fused-ring (bicyclic) bond motifs is 3. The van der Waals surface area contributed by atoms with Gasteiger partial charge >= 0.3 is 0 Å². The maximum absolute atomic E-state index is 6.32. The molecule has 2 aliphatic heterocycles. The van der Waals surface area contributed by atoms with Crippen molar-refractivity contribution in [3.05, 3.63) is 77.9 Å². The highest BCUT2D eigenvalue weighted by molar-refractivity contribution is 5.68. The number of allylic oxidation sites excluding steroid dienone is 2. The van der Waals surface area contributed by atoms with E-state index in [1.54, 1.807) is 0 Å². The summed E-state index contributed by atoms with van der Waals surface area (Å²) in [6, 6.07) is 16.5. The van der Waals surface area contributed by atoms with Crippen molar-refractivity contribution in [1.29, 1.82) is 0 Å². The minimum Gasteiger partial charge on any atom is -0.399 e. The van der Waals surface area contributed by atoms with Crippen LogP contribution in [0, 0.1) is 0 Å². The van der Waals surface area contributed by atoms with Crippen LogP contribution < -0.4 is 10.6 Å². The van der Waals surface area contributed by atoms with Crippen LogP contribution >= 0.6 is 0 Å². The van der Waals surface area contributed by atoms with E-state index in [0.29, 0.717) is 0 Å². The first-order valence-electron chi connectivity index (χ1n) is 8.77. The van der Waals surface area contributed by atoms with E-state index in [-0.39, 0.29) is 5.41 Å². The average Bonchev–Trinajstić information content (AvgIpc) is 3.12. The van der Waals surface area contributed by atoms with Gasteiger partial charge in [-0.1, -0.05) is 62.4 Å². The van der Waals surface area contributed by atoms with E-state index in [9.17, 15) is 0 Å². The lowest BCUT2D eigenvalue weighted by Gasteiger charge is -2.39. The molecule has 0 radical (unpaired) electrons. The zero-order chi connectivity index (χ0) is 17.5. The molecule has 3 nitrogen and oxygen atoms in total. The van der Waals surface area contributed by atoms with Crippen molar-refractivity contribution in [2.75, 3.05) is 23.8 Å². The Morgan fingerprint density at radius 1 is 1.04 bits per heavy atom. The molecule has 0 amide bonds. The van der Waals surface area contributed by atoms with E-state index in [0.717, 1.165) is 24.4 Å². The molecular weight excluding hydrogens is 308 g/mol. The lowest BCUT2D eigenvalue weighted by Crippen LogP contribution is -2.51. The number of hydrogen-bond acceptors (Lipinski definition) is 3. The molecule has 2 aromatic rings. The first kappa shape index (κ1) is 16.0. The molecule has 4 rings (SSSR count). The minimum absolute atomic E-state index is 0.106. The molecular formula is C22H24N2O. The van der Waals surface area contributed by atoms with Crippen LogP contribution in [0.1, 0.15) is 25.0 Å². The molecule has 0 saturated carbocycles. The Hall–Kier alpha value is -2.52. The summed E-state index contributed by atoms with van der Waals surface area (Å²) in [7, 11) is 0. The highest BCUT2D eigenvalue weighted by Crippen LogP contribution is 2.54. The second-order valence-corrected chi connectivity index (χ2v) is 7.22. The first-order chi connectivity index (χ1) is 12.0. The van der Waals surface area contributed by atoms with E-state index >= 15 is 0 Å². The van der Waals surface area contributed by atoms with Gasteiger partial charge in [0.1, 0.15) is 0 Å². The van der Waals surface area contributed by atoms with E-state index in [2.05, 4.69) is 67.3 Å². The van der Waals surface area contributed by atoms with Crippen LogP contribution in [0.3, 0.4) is 0 Å². The van der Waals surface area contributed by atoms with Crippen LogP contribution in [0.5, 0.6) is 0 Å². The minimum atomic E-state index is -0.415. The average molecular weight is 332 g/mol. The summed E-state index contributed by atoms with van der Waals surface area (Å²) in [5.41, 5.74) is 9.77. The Kier molecular flexibility index (Phi) is 3.69. The van der Waals surface area contributed by atoms with E-state index in [4.69, 9.17) is 10.5 Å². The predicted octanol–water partition coefficient (Wildman–Crippen LogP) is 4.36. The van der Waals surface area contributed by atoms with Crippen LogP contribution in [-0.4, -0.2) is 18.9 Å². The van der Waals surface area contributed by atoms with Crippen LogP contribution in [0.2, 0.25) is 0 Å². The van der Waals surface area contributed by atoms with Gasteiger partial charge in [0.2, 0.25) is 0 Å². The third kappa shape index (κ3) is 2.38. The predicted molar refractivity (Wildman–Crippen MR) is 105 cm³/mol. The van der Waals surface area contributed by atoms with E-state index in [1.165, 1.54) is 11.3 Å². The number of rotatable bonds is 3. The normalized spacial score (nSPS) is 24.2. The molecule has 1 fully saturated rings. The summed E-state index contributed by atoms with van der Waals surface area (Å²) in [6.07, 6.45) is 8.45. The van der Waals surface area contributed by atoms with Crippen molar-refractivity contribution < 1.29 is 4.74 Å². The first-order valence-corrected chi connectivity index (χ1v) is 8.77. The summed E-state index contributed by atoms with van der Waals surface area (Å²) in [5, 5.41) is 0. The molecule has 1 saturated heterocycles. The Labute approximate surface area is 149 Å². The third-order valence-corrected chi connectivity index (χ3v) is 5.46. The molecule has 1 atom stereocenters. The summed E-state index contributed by atoms with van der Waals surface area (Å²) < 4.78 is 6.32. The van der Waals surface area contributed by atoms with Crippen molar-refractivity contribution in [2.24, 2.45) is 0 Å². The number of nitrogen functional groups attached to an aromatic ring is 1. The number of nitrogens with two attached hydrogens (primary N) is 1. The monoisotopic (exact) mass is 332 g/mol. The van der Waals surface area contributed by atoms with Gasteiger partial charge in [-0.25, -0.2) is 0 Å². The van der Waals surface area contributed by atoms with Gasteiger partial charge in [-0.2, -0.15) is 0 Å². The number of ether oxygens (including phenoxy) is 1. The molecule has 2 aliphatic rings. The number of anilines is 2. The van der Waals surface area contributed by atoms with Crippen molar-refractivity contribution in [2.45, 2.75) is 25.0 Å². The fourth-order valence-electron chi connectivity index (χ4n) is 4.09. The van der Waals surface area contributed by atoms with Crippen molar-refractivity contribution in [3.8, 4) is 0 Å². The largest absolute Gasteiger partial charge is 0.399 e. The van der Waals surface area contributed by atoms with Gasteiger partial charge in [-0.05, 0) is 35.4 Å². The van der Waals surface area contributed by atoms with Crippen LogP contribution in [-0.2, 0) is 10.2 Å². The van der Waals surface area contributed by atoms with E-state index < -0.39 is 5.72 Å². The van der Waals surface area contributed by atoms with Gasteiger partial charge in [-0.3, -0.25) is 0 Å². The fourth-order valence-corrected chi connectivity index (χ4v) is 4.09. The summed E-state index contributed by atoms with van der Waals surface area (Å²) in [6.45, 7) is 6.21. The second-order valence-electron chi connectivity index (χ2n) is 7.22. The number of hydrogen-bond donors (Lipinski definition) is 1. The third-order valence-electron chi connectivity index (χ3n) is 5.46. The zero-order valence-corrected chi connectivity index (χ0v) is 14.8. The lowest BCUT2D eigenvalue weighted by atomic mass is 9.77. The maximum Gasteiger partial charge on any atom is 0.170 e. The fraction of sp³-hybridized carbons (Fsp3) is 0.273. The Bertz CT molecular complexity index is 835. The number of benzene rings is 2. The lowest BCUT2D eigenvalue weighted by molar-refractivity contribution is -0.000291. The summed E-state index contributed by atoms with van der Waals surface area (Å²) in [4.78, 5) is 2.40. The second kappa shape index (κ2) is 5.78. The molecule has 0 aliphatic carbocycles. The molecule has 128 valence electrons. The maximum atomic E-state index is 6.32. The molecule has 3 heteroatoms. The standard InChI is InChI=1S/C22H24N2O/c1-21(2)19-8-3-4-9-20(19)24-15-16-25-22(21,24)14-6-5-7-17-10-12-18(23)13-11-17/h3-14H,15-16,23H2,1-2H3/b7-5+,14-6-. The van der Waals surface area contributed by atoms with Crippen LogP contribution in [0.4, 0.5) is 11.4 Å². The van der Waals surface area contributed by atoms with E-state index in [1.807, 2.05) is 24.3 Å². The van der Waals surface area contributed by atoms with Gasteiger partial charge < -0.3 is 15.4 Å². The molecule has 0 bridgehead atoms. The molecule has 0 spiro atoms. The van der Waals surface area contributed by atoms with Gasteiger partial charge in [0.05, 0.1) is 6.61 Å².